The summed E-state index contributed by atoms with van der Waals surface area (Å²) in [6.07, 6.45) is 3.85. The molecule has 3 amide bonds. The van der Waals surface area contributed by atoms with Gasteiger partial charge < -0.3 is 20.0 Å². The molecule has 2 fully saturated rings. The van der Waals surface area contributed by atoms with Gasteiger partial charge in [-0.1, -0.05) is 6.07 Å². The van der Waals surface area contributed by atoms with Gasteiger partial charge in [0.25, 0.3) is 0 Å². The summed E-state index contributed by atoms with van der Waals surface area (Å²) in [5.41, 5.74) is 0. The van der Waals surface area contributed by atoms with Crippen LogP contribution in [0.25, 0.3) is 0 Å². The Balaban J connectivity index is 1.50. The molecule has 0 spiro atoms. The quantitative estimate of drug-likeness (QED) is 0.874. The molecule has 0 aliphatic carbocycles. The minimum Gasteiger partial charge on any atom is -0.342 e. The number of rotatable bonds is 4. The highest BCUT2D eigenvalue weighted by molar-refractivity contribution is 7.09. The maximum atomic E-state index is 12.9. The van der Waals surface area contributed by atoms with E-state index in [0.717, 1.165) is 50.2 Å². The van der Waals surface area contributed by atoms with E-state index < -0.39 is 0 Å². The van der Waals surface area contributed by atoms with Crippen LogP contribution in [0.15, 0.2) is 17.5 Å². The lowest BCUT2D eigenvalue weighted by Gasteiger charge is -2.39. The lowest BCUT2D eigenvalue weighted by Crippen LogP contribution is -2.51. The number of hydrogen-bond donors (Lipinski definition) is 1. The first-order chi connectivity index (χ1) is 12.5. The summed E-state index contributed by atoms with van der Waals surface area (Å²) in [6, 6.07) is 4.28. The first-order valence-corrected chi connectivity index (χ1v) is 10.4. The van der Waals surface area contributed by atoms with Gasteiger partial charge in [-0.2, -0.15) is 0 Å². The van der Waals surface area contributed by atoms with E-state index >= 15 is 0 Å². The van der Waals surface area contributed by atoms with Crippen molar-refractivity contribution < 1.29 is 9.59 Å². The van der Waals surface area contributed by atoms with Crippen LogP contribution < -0.4 is 5.32 Å². The molecule has 0 radical (unpaired) electrons. The van der Waals surface area contributed by atoms with Crippen molar-refractivity contribution in [3.8, 4) is 0 Å². The number of likely N-dealkylation sites (tertiary alicyclic amines) is 2. The van der Waals surface area contributed by atoms with E-state index in [-0.39, 0.29) is 17.9 Å². The van der Waals surface area contributed by atoms with Crippen LogP contribution in [-0.4, -0.2) is 73.0 Å². The fourth-order valence-electron chi connectivity index (χ4n) is 3.90. The van der Waals surface area contributed by atoms with E-state index in [0.29, 0.717) is 19.1 Å². The summed E-state index contributed by atoms with van der Waals surface area (Å²) in [7, 11) is 4.07. The van der Waals surface area contributed by atoms with Gasteiger partial charge in [-0.3, -0.25) is 4.79 Å². The number of carbonyl (C=O) groups excluding carboxylic acids is 2. The first kappa shape index (κ1) is 19.2. The zero-order valence-corrected chi connectivity index (χ0v) is 16.6. The third kappa shape index (κ3) is 4.76. The molecule has 6 nitrogen and oxygen atoms in total. The highest BCUT2D eigenvalue weighted by Gasteiger charge is 2.33. The van der Waals surface area contributed by atoms with Crippen LogP contribution in [0.5, 0.6) is 0 Å². The van der Waals surface area contributed by atoms with Gasteiger partial charge in [0.15, 0.2) is 0 Å². The molecule has 0 aromatic carbocycles. The van der Waals surface area contributed by atoms with Crippen LogP contribution in [0, 0.1) is 5.92 Å². The predicted molar refractivity (Wildman–Crippen MR) is 104 cm³/mol. The average molecular weight is 379 g/mol. The van der Waals surface area contributed by atoms with Gasteiger partial charge in [0.2, 0.25) is 5.91 Å². The summed E-state index contributed by atoms with van der Waals surface area (Å²) >= 11 is 1.64. The number of urea groups is 1. The Morgan fingerprint density at radius 3 is 2.73 bits per heavy atom. The lowest BCUT2D eigenvalue weighted by atomic mass is 9.95. The molecule has 2 aliphatic heterocycles. The standard InChI is InChI=1S/C19H30N4O2S/c1-21-10-7-16(8-11-21)22(2)18(24)15-5-3-9-23(14-15)19(25)20-13-17-6-4-12-26-17/h4,6,12,15-16H,3,5,7-11,13-14H2,1-2H3,(H,20,25). The van der Waals surface area contributed by atoms with Crippen LogP contribution in [0.2, 0.25) is 0 Å². The number of nitrogens with zero attached hydrogens (tertiary/aromatic N) is 3. The second-order valence-electron chi connectivity index (χ2n) is 7.51. The van der Waals surface area contributed by atoms with Gasteiger partial charge in [0, 0.05) is 31.1 Å². The zero-order chi connectivity index (χ0) is 18.5. The summed E-state index contributed by atoms with van der Waals surface area (Å²) in [4.78, 5) is 32.6. The maximum Gasteiger partial charge on any atom is 0.317 e. The van der Waals surface area contributed by atoms with Crippen molar-refractivity contribution in [3.63, 3.8) is 0 Å². The second-order valence-corrected chi connectivity index (χ2v) is 8.54. The molecule has 2 aliphatic rings. The molecular formula is C19H30N4O2S. The van der Waals surface area contributed by atoms with E-state index in [9.17, 15) is 9.59 Å². The van der Waals surface area contributed by atoms with Crippen LogP contribution in [0.1, 0.15) is 30.6 Å². The largest absolute Gasteiger partial charge is 0.342 e. The highest BCUT2D eigenvalue weighted by atomic mass is 32.1. The third-order valence-corrected chi connectivity index (χ3v) is 6.51. The Kier molecular flexibility index (Phi) is 6.53. The van der Waals surface area contributed by atoms with Crippen molar-refractivity contribution in [1.29, 1.82) is 0 Å². The van der Waals surface area contributed by atoms with Crippen molar-refractivity contribution in [2.24, 2.45) is 5.92 Å². The summed E-state index contributed by atoms with van der Waals surface area (Å²) in [5, 5.41) is 4.99. The van der Waals surface area contributed by atoms with Crippen LogP contribution >= 0.6 is 11.3 Å². The highest BCUT2D eigenvalue weighted by Crippen LogP contribution is 2.22. The molecule has 1 aromatic rings. The Labute approximate surface area is 160 Å². The van der Waals surface area contributed by atoms with E-state index in [1.165, 1.54) is 0 Å². The van der Waals surface area contributed by atoms with Crippen molar-refractivity contribution >= 4 is 23.3 Å². The average Bonchev–Trinajstić information content (AvgIpc) is 3.19. The topological polar surface area (TPSA) is 55.9 Å². The van der Waals surface area contributed by atoms with Gasteiger partial charge in [-0.25, -0.2) is 4.79 Å². The number of hydrogen-bond acceptors (Lipinski definition) is 4. The molecule has 2 saturated heterocycles. The molecule has 3 heterocycles. The first-order valence-electron chi connectivity index (χ1n) is 9.55. The molecule has 1 N–H and O–H groups in total. The minimum atomic E-state index is -0.0686. The molecular weight excluding hydrogens is 348 g/mol. The maximum absolute atomic E-state index is 12.9. The monoisotopic (exact) mass is 378 g/mol. The summed E-state index contributed by atoms with van der Waals surface area (Å²) in [5.74, 6) is 0.135. The predicted octanol–water partition coefficient (Wildman–Crippen LogP) is 2.22. The van der Waals surface area contributed by atoms with Crippen LogP contribution in [0.4, 0.5) is 4.79 Å². The molecule has 1 unspecified atom stereocenters. The van der Waals surface area contributed by atoms with E-state index in [4.69, 9.17) is 0 Å². The SMILES string of the molecule is CN1CCC(N(C)C(=O)C2CCCN(C(=O)NCc3cccs3)C2)CC1. The molecule has 26 heavy (non-hydrogen) atoms. The van der Waals surface area contributed by atoms with Gasteiger partial charge >= 0.3 is 6.03 Å². The van der Waals surface area contributed by atoms with Gasteiger partial charge in [-0.05, 0) is 57.3 Å². The number of amides is 3. The molecule has 0 bridgehead atoms. The number of carbonyl (C=O) groups is 2. The molecule has 1 aromatic heterocycles. The van der Waals surface area contributed by atoms with Crippen molar-refractivity contribution in [1.82, 2.24) is 20.0 Å². The normalized spacial score (nSPS) is 22.2. The van der Waals surface area contributed by atoms with Crippen LogP contribution in [-0.2, 0) is 11.3 Å². The summed E-state index contributed by atoms with van der Waals surface area (Å²) in [6.45, 7) is 3.92. The Morgan fingerprint density at radius 1 is 1.27 bits per heavy atom. The Morgan fingerprint density at radius 2 is 2.04 bits per heavy atom. The van der Waals surface area contributed by atoms with E-state index in [2.05, 4.69) is 17.3 Å². The van der Waals surface area contributed by atoms with Crippen molar-refractivity contribution in [3.05, 3.63) is 22.4 Å². The zero-order valence-electron chi connectivity index (χ0n) is 15.8. The fourth-order valence-corrected chi connectivity index (χ4v) is 4.55. The molecule has 0 saturated carbocycles. The molecule has 3 rings (SSSR count). The molecule has 7 heteroatoms. The fraction of sp³-hybridized carbons (Fsp3) is 0.684. The number of nitrogens with one attached hydrogen (secondary N) is 1. The van der Waals surface area contributed by atoms with E-state index in [1.54, 1.807) is 11.3 Å². The Bertz CT molecular complexity index is 599. The van der Waals surface area contributed by atoms with E-state index in [1.807, 2.05) is 34.4 Å². The minimum absolute atomic E-state index is 0.0576. The number of piperidine rings is 2. The number of thiophene rings is 1. The van der Waals surface area contributed by atoms with Gasteiger partial charge in [0.1, 0.15) is 0 Å². The third-order valence-electron chi connectivity index (χ3n) is 5.64. The van der Waals surface area contributed by atoms with Crippen molar-refractivity contribution in [2.75, 3.05) is 40.3 Å². The van der Waals surface area contributed by atoms with Crippen molar-refractivity contribution in [2.45, 2.75) is 38.3 Å². The van der Waals surface area contributed by atoms with Gasteiger partial charge in [-0.15, -0.1) is 11.3 Å². The molecule has 1 atom stereocenters. The van der Waals surface area contributed by atoms with Crippen LogP contribution in [0.3, 0.4) is 0 Å². The van der Waals surface area contributed by atoms with Gasteiger partial charge in [0.05, 0.1) is 12.5 Å². The second kappa shape index (κ2) is 8.86. The Hall–Kier alpha value is -1.60. The smallest absolute Gasteiger partial charge is 0.317 e. The summed E-state index contributed by atoms with van der Waals surface area (Å²) < 4.78 is 0. The lowest BCUT2D eigenvalue weighted by molar-refractivity contribution is -0.138. The molecule has 144 valence electrons.